The highest BCUT2D eigenvalue weighted by Crippen LogP contribution is 2.16. The van der Waals surface area contributed by atoms with Gasteiger partial charge in [-0.3, -0.25) is 0 Å². The van der Waals surface area contributed by atoms with Crippen molar-refractivity contribution in [2.75, 3.05) is 25.7 Å². The normalized spacial score (nSPS) is 10.8. The third kappa shape index (κ3) is 6.64. The van der Waals surface area contributed by atoms with Crippen molar-refractivity contribution in [2.24, 2.45) is 0 Å². The van der Waals surface area contributed by atoms with Crippen LogP contribution >= 0.6 is 11.6 Å². The van der Waals surface area contributed by atoms with Crippen molar-refractivity contribution in [3.63, 3.8) is 0 Å². The SMILES string of the molecule is Fc1cc(OCCOCC(F)(F)F)ccc1C#CCCl. The monoisotopic (exact) mass is 310 g/mol. The van der Waals surface area contributed by atoms with E-state index in [-0.39, 0.29) is 30.4 Å². The molecule has 0 heterocycles. The fourth-order valence-electron chi connectivity index (χ4n) is 1.22. The summed E-state index contributed by atoms with van der Waals surface area (Å²) in [6, 6.07) is 3.97. The molecule has 2 nitrogen and oxygen atoms in total. The number of rotatable bonds is 5. The third-order valence-corrected chi connectivity index (χ3v) is 2.13. The molecule has 0 saturated carbocycles. The van der Waals surface area contributed by atoms with Crippen molar-refractivity contribution in [1.29, 1.82) is 0 Å². The van der Waals surface area contributed by atoms with E-state index < -0.39 is 18.6 Å². The summed E-state index contributed by atoms with van der Waals surface area (Å²) in [5.41, 5.74) is 0.173. The lowest BCUT2D eigenvalue weighted by Gasteiger charge is -2.09. The topological polar surface area (TPSA) is 18.5 Å². The molecule has 20 heavy (non-hydrogen) atoms. The van der Waals surface area contributed by atoms with Crippen LogP contribution in [-0.4, -0.2) is 31.9 Å². The van der Waals surface area contributed by atoms with Crippen LogP contribution in [0.3, 0.4) is 0 Å². The van der Waals surface area contributed by atoms with Crippen LogP contribution < -0.4 is 4.74 Å². The number of benzene rings is 1. The van der Waals surface area contributed by atoms with E-state index in [1.165, 1.54) is 12.1 Å². The zero-order chi connectivity index (χ0) is 15.0. The lowest BCUT2D eigenvalue weighted by molar-refractivity contribution is -0.175. The number of alkyl halides is 4. The lowest BCUT2D eigenvalue weighted by atomic mass is 10.2. The van der Waals surface area contributed by atoms with Crippen LogP contribution in [0.1, 0.15) is 5.56 Å². The quantitative estimate of drug-likeness (QED) is 0.359. The van der Waals surface area contributed by atoms with Crippen LogP contribution in [0.5, 0.6) is 5.75 Å². The minimum absolute atomic E-state index is 0.0915. The van der Waals surface area contributed by atoms with E-state index in [0.29, 0.717) is 0 Å². The van der Waals surface area contributed by atoms with Gasteiger partial charge in [0.15, 0.2) is 0 Å². The summed E-state index contributed by atoms with van der Waals surface area (Å²) in [5, 5.41) is 0. The molecule has 1 aromatic carbocycles. The van der Waals surface area contributed by atoms with Crippen LogP contribution in [-0.2, 0) is 4.74 Å². The Kier molecular flexibility index (Phi) is 6.62. The van der Waals surface area contributed by atoms with Crippen LogP contribution in [0.4, 0.5) is 17.6 Å². The molecule has 0 N–H and O–H groups in total. The molecule has 0 aromatic heterocycles. The summed E-state index contributed by atoms with van der Waals surface area (Å²) in [6.07, 6.45) is -4.37. The molecule has 1 rings (SSSR count). The first kappa shape index (κ1) is 16.6. The standard InChI is InChI=1S/C13H11ClF4O2/c14-5-1-2-10-3-4-11(8-12(10)15)20-7-6-19-9-13(16,17)18/h3-4,8H,5-7,9H2. The maximum atomic E-state index is 13.5. The molecule has 0 spiro atoms. The predicted molar refractivity (Wildman–Crippen MR) is 66.4 cm³/mol. The molecule has 0 aliphatic rings. The molecular weight excluding hydrogens is 300 g/mol. The third-order valence-electron chi connectivity index (χ3n) is 1.99. The number of halogens is 5. The van der Waals surface area contributed by atoms with E-state index >= 15 is 0 Å². The molecule has 1 aromatic rings. The summed E-state index contributed by atoms with van der Waals surface area (Å²) < 4.78 is 58.2. The smallest absolute Gasteiger partial charge is 0.411 e. The first-order valence-electron chi connectivity index (χ1n) is 5.54. The fourth-order valence-corrected chi connectivity index (χ4v) is 1.29. The van der Waals surface area contributed by atoms with Crippen molar-refractivity contribution in [3.8, 4) is 17.6 Å². The highest BCUT2D eigenvalue weighted by atomic mass is 35.5. The number of hydrogen-bond acceptors (Lipinski definition) is 2. The molecule has 0 atom stereocenters. The van der Waals surface area contributed by atoms with E-state index in [0.717, 1.165) is 6.07 Å². The van der Waals surface area contributed by atoms with Crippen molar-refractivity contribution in [1.82, 2.24) is 0 Å². The molecule has 110 valence electrons. The molecule has 0 unspecified atom stereocenters. The van der Waals surface area contributed by atoms with Crippen molar-refractivity contribution >= 4 is 11.6 Å². The van der Waals surface area contributed by atoms with Gasteiger partial charge in [-0.25, -0.2) is 4.39 Å². The minimum Gasteiger partial charge on any atom is -0.491 e. The van der Waals surface area contributed by atoms with Gasteiger partial charge in [-0.05, 0) is 12.1 Å². The van der Waals surface area contributed by atoms with E-state index in [4.69, 9.17) is 16.3 Å². The fraction of sp³-hybridized carbons (Fsp3) is 0.385. The molecule has 0 amide bonds. The second kappa shape index (κ2) is 7.98. The predicted octanol–water partition coefficient (Wildman–Crippen LogP) is 3.37. The Morgan fingerprint density at radius 2 is 1.95 bits per heavy atom. The Bertz CT molecular complexity index is 491. The molecule has 0 aliphatic heterocycles. The molecule has 0 fully saturated rings. The van der Waals surface area contributed by atoms with E-state index in [1.54, 1.807) is 0 Å². The Hall–Kier alpha value is -1.45. The van der Waals surface area contributed by atoms with E-state index in [9.17, 15) is 17.6 Å². The van der Waals surface area contributed by atoms with Crippen LogP contribution in [0.15, 0.2) is 18.2 Å². The lowest BCUT2D eigenvalue weighted by Crippen LogP contribution is -2.19. The average Bonchev–Trinajstić information content (AvgIpc) is 2.36. The molecule has 0 bridgehead atoms. The Labute approximate surface area is 118 Å². The van der Waals surface area contributed by atoms with Gasteiger partial charge in [-0.15, -0.1) is 11.6 Å². The van der Waals surface area contributed by atoms with Gasteiger partial charge in [-0.1, -0.05) is 11.8 Å². The van der Waals surface area contributed by atoms with Gasteiger partial charge in [0.2, 0.25) is 0 Å². The zero-order valence-corrected chi connectivity index (χ0v) is 11.0. The number of hydrogen-bond donors (Lipinski definition) is 0. The van der Waals surface area contributed by atoms with Crippen LogP contribution in [0.2, 0.25) is 0 Å². The zero-order valence-electron chi connectivity index (χ0n) is 10.3. The van der Waals surface area contributed by atoms with E-state index in [2.05, 4.69) is 16.6 Å². The maximum absolute atomic E-state index is 13.5. The minimum atomic E-state index is -4.37. The Morgan fingerprint density at radius 1 is 1.20 bits per heavy atom. The van der Waals surface area contributed by atoms with Gasteiger partial charge < -0.3 is 9.47 Å². The number of ether oxygens (including phenoxy) is 2. The van der Waals surface area contributed by atoms with Crippen molar-refractivity contribution < 1.29 is 27.0 Å². The largest absolute Gasteiger partial charge is 0.491 e. The highest BCUT2D eigenvalue weighted by molar-refractivity contribution is 6.19. The average molecular weight is 311 g/mol. The van der Waals surface area contributed by atoms with Gasteiger partial charge in [-0.2, -0.15) is 13.2 Å². The maximum Gasteiger partial charge on any atom is 0.411 e. The van der Waals surface area contributed by atoms with Gasteiger partial charge in [0.05, 0.1) is 18.1 Å². The second-order valence-corrected chi connectivity index (χ2v) is 3.86. The van der Waals surface area contributed by atoms with Gasteiger partial charge in [0.25, 0.3) is 0 Å². The summed E-state index contributed by atoms with van der Waals surface area (Å²) in [5.74, 6) is 4.72. The first-order valence-corrected chi connectivity index (χ1v) is 6.07. The summed E-state index contributed by atoms with van der Waals surface area (Å²) in [4.78, 5) is 0. The van der Waals surface area contributed by atoms with Crippen molar-refractivity contribution in [2.45, 2.75) is 6.18 Å². The summed E-state index contributed by atoms with van der Waals surface area (Å²) in [7, 11) is 0. The second-order valence-electron chi connectivity index (χ2n) is 3.59. The Morgan fingerprint density at radius 3 is 2.55 bits per heavy atom. The molecule has 0 aliphatic carbocycles. The molecule has 7 heteroatoms. The molecule has 0 radical (unpaired) electrons. The molecular formula is C13H11ClF4O2. The van der Waals surface area contributed by atoms with E-state index in [1.807, 2.05) is 0 Å². The van der Waals surface area contributed by atoms with Gasteiger partial charge in [0.1, 0.15) is 24.8 Å². The highest BCUT2D eigenvalue weighted by Gasteiger charge is 2.27. The van der Waals surface area contributed by atoms with Gasteiger partial charge in [0, 0.05) is 6.07 Å². The summed E-state index contributed by atoms with van der Waals surface area (Å²) >= 11 is 5.35. The van der Waals surface area contributed by atoms with Crippen LogP contribution in [0, 0.1) is 17.7 Å². The van der Waals surface area contributed by atoms with Crippen molar-refractivity contribution in [3.05, 3.63) is 29.6 Å². The van der Waals surface area contributed by atoms with Crippen LogP contribution in [0.25, 0.3) is 0 Å². The molecule has 0 saturated heterocycles. The Balaban J connectivity index is 2.40. The first-order chi connectivity index (χ1) is 9.42. The van der Waals surface area contributed by atoms with Gasteiger partial charge >= 0.3 is 6.18 Å². The summed E-state index contributed by atoms with van der Waals surface area (Å²) in [6.45, 7) is -1.69.